The molecule has 1 aromatic carbocycles. The minimum Gasteiger partial charge on any atom is -0.329 e. The lowest BCUT2D eigenvalue weighted by Gasteiger charge is -2.37. The second kappa shape index (κ2) is 6.31. The van der Waals surface area contributed by atoms with E-state index in [0.29, 0.717) is 24.4 Å². The number of hydrogen-bond donors (Lipinski definition) is 1. The largest absolute Gasteiger partial charge is 0.329 e. The molecule has 0 aliphatic carbocycles. The number of sulfonamides is 1. The van der Waals surface area contributed by atoms with E-state index in [9.17, 15) is 18.5 Å². The van der Waals surface area contributed by atoms with Crippen molar-refractivity contribution in [1.29, 1.82) is 0 Å². The molecule has 8 heteroatoms. The molecule has 2 atom stereocenters. The van der Waals surface area contributed by atoms with Gasteiger partial charge in [0.2, 0.25) is 10.0 Å². The van der Waals surface area contributed by atoms with E-state index >= 15 is 0 Å². The van der Waals surface area contributed by atoms with Crippen molar-refractivity contribution < 1.29 is 13.3 Å². The molecule has 0 radical (unpaired) electrons. The van der Waals surface area contributed by atoms with Gasteiger partial charge in [0.1, 0.15) is 0 Å². The van der Waals surface area contributed by atoms with Gasteiger partial charge in [-0.1, -0.05) is 13.0 Å². The van der Waals surface area contributed by atoms with E-state index in [1.807, 2.05) is 0 Å². The van der Waals surface area contributed by atoms with Gasteiger partial charge in [-0.25, -0.2) is 8.42 Å². The molecule has 0 saturated carbocycles. The van der Waals surface area contributed by atoms with E-state index in [1.165, 1.54) is 16.4 Å². The van der Waals surface area contributed by atoms with Gasteiger partial charge in [0.05, 0.1) is 9.82 Å². The molecule has 1 aliphatic rings. The molecule has 2 rings (SSSR count). The van der Waals surface area contributed by atoms with Gasteiger partial charge in [0, 0.05) is 31.3 Å². The number of rotatable bonds is 4. The Balaban J connectivity index is 2.45. The van der Waals surface area contributed by atoms with Crippen LogP contribution in [0.2, 0.25) is 0 Å². The van der Waals surface area contributed by atoms with E-state index in [1.54, 1.807) is 6.92 Å². The summed E-state index contributed by atoms with van der Waals surface area (Å²) < 4.78 is 27.2. The lowest BCUT2D eigenvalue weighted by molar-refractivity contribution is -0.385. The zero-order valence-electron chi connectivity index (χ0n) is 12.7. The maximum Gasteiger partial charge on any atom is 0.270 e. The maximum atomic E-state index is 12.9. The van der Waals surface area contributed by atoms with Crippen molar-refractivity contribution in [2.24, 2.45) is 11.7 Å². The second-order valence-corrected chi connectivity index (χ2v) is 7.70. The molecule has 122 valence electrons. The summed E-state index contributed by atoms with van der Waals surface area (Å²) >= 11 is 0. The fourth-order valence-corrected chi connectivity index (χ4v) is 4.77. The van der Waals surface area contributed by atoms with Crippen LogP contribution in [0.5, 0.6) is 0 Å². The van der Waals surface area contributed by atoms with Crippen LogP contribution in [0.25, 0.3) is 0 Å². The Hall–Kier alpha value is -1.51. The lowest BCUT2D eigenvalue weighted by atomic mass is 9.94. The highest BCUT2D eigenvalue weighted by Gasteiger charge is 2.36. The summed E-state index contributed by atoms with van der Waals surface area (Å²) in [5.41, 5.74) is 6.01. The van der Waals surface area contributed by atoms with Crippen molar-refractivity contribution in [1.82, 2.24) is 4.31 Å². The van der Waals surface area contributed by atoms with Crippen LogP contribution in [0, 0.1) is 23.0 Å². The summed E-state index contributed by atoms with van der Waals surface area (Å²) in [5.74, 6) is 0.422. The normalized spacial score (nSPS) is 23.4. The average molecular weight is 327 g/mol. The third-order valence-corrected chi connectivity index (χ3v) is 6.26. The van der Waals surface area contributed by atoms with Crippen LogP contribution in [-0.2, 0) is 10.0 Å². The van der Waals surface area contributed by atoms with E-state index < -0.39 is 14.9 Å². The van der Waals surface area contributed by atoms with Crippen LogP contribution >= 0.6 is 0 Å². The molecule has 1 fully saturated rings. The quantitative estimate of drug-likeness (QED) is 0.668. The molecule has 0 aromatic heterocycles. The summed E-state index contributed by atoms with van der Waals surface area (Å²) in [4.78, 5) is 10.3. The Morgan fingerprint density at radius 3 is 2.73 bits per heavy atom. The number of piperidine rings is 1. The van der Waals surface area contributed by atoms with Crippen molar-refractivity contribution >= 4 is 15.7 Å². The fourth-order valence-electron chi connectivity index (χ4n) is 2.87. The molecule has 22 heavy (non-hydrogen) atoms. The van der Waals surface area contributed by atoms with Crippen molar-refractivity contribution in [3.63, 3.8) is 0 Å². The summed E-state index contributed by atoms with van der Waals surface area (Å²) in [7, 11) is -3.78. The van der Waals surface area contributed by atoms with Crippen LogP contribution in [0.1, 0.15) is 25.3 Å². The summed E-state index contributed by atoms with van der Waals surface area (Å²) in [6.45, 7) is 4.36. The summed E-state index contributed by atoms with van der Waals surface area (Å²) in [6.07, 6.45) is 1.48. The minimum absolute atomic E-state index is 0.00490. The number of nitrogens with two attached hydrogens (primary N) is 1. The molecule has 1 aromatic rings. The lowest BCUT2D eigenvalue weighted by Crippen LogP contribution is -2.49. The average Bonchev–Trinajstić information content (AvgIpc) is 2.46. The van der Waals surface area contributed by atoms with E-state index in [0.717, 1.165) is 12.5 Å². The first kappa shape index (κ1) is 16.9. The number of nitrogens with zero attached hydrogens (tertiary/aromatic N) is 2. The Labute approximate surface area is 130 Å². The van der Waals surface area contributed by atoms with Crippen molar-refractivity contribution in [3.05, 3.63) is 33.9 Å². The summed E-state index contributed by atoms with van der Waals surface area (Å²) in [6, 6.07) is 3.66. The van der Waals surface area contributed by atoms with Gasteiger partial charge in [0.25, 0.3) is 5.69 Å². The first-order chi connectivity index (χ1) is 10.3. The van der Waals surface area contributed by atoms with Crippen LogP contribution in [0.3, 0.4) is 0 Å². The van der Waals surface area contributed by atoms with Gasteiger partial charge < -0.3 is 5.73 Å². The van der Waals surface area contributed by atoms with Gasteiger partial charge in [-0.05, 0) is 31.2 Å². The molecule has 1 saturated heterocycles. The van der Waals surface area contributed by atoms with Gasteiger partial charge in [-0.15, -0.1) is 0 Å². The molecule has 0 bridgehead atoms. The van der Waals surface area contributed by atoms with Crippen LogP contribution in [-0.4, -0.2) is 36.8 Å². The first-order valence-corrected chi connectivity index (χ1v) is 8.68. The Kier molecular flexibility index (Phi) is 4.84. The maximum absolute atomic E-state index is 12.9. The third-order valence-electron chi connectivity index (χ3n) is 4.17. The number of benzene rings is 1. The highest BCUT2D eigenvalue weighted by Crippen LogP contribution is 2.30. The Morgan fingerprint density at radius 2 is 2.14 bits per heavy atom. The molecule has 1 heterocycles. The number of aryl methyl sites for hydroxylation is 1. The Morgan fingerprint density at radius 1 is 1.45 bits per heavy atom. The predicted octanol–water partition coefficient (Wildman–Crippen LogP) is 1.65. The number of nitro benzene ring substituents is 1. The van der Waals surface area contributed by atoms with Crippen LogP contribution < -0.4 is 5.73 Å². The van der Waals surface area contributed by atoms with Crippen LogP contribution in [0.15, 0.2) is 23.1 Å². The summed E-state index contributed by atoms with van der Waals surface area (Å²) in [5, 5.41) is 10.9. The highest BCUT2D eigenvalue weighted by atomic mass is 32.2. The number of non-ortho nitro benzene ring substituents is 1. The number of nitro groups is 1. The molecule has 2 unspecified atom stereocenters. The molecule has 7 nitrogen and oxygen atoms in total. The number of hydrogen-bond acceptors (Lipinski definition) is 5. The predicted molar refractivity (Wildman–Crippen MR) is 83.0 cm³/mol. The zero-order chi connectivity index (χ0) is 16.5. The highest BCUT2D eigenvalue weighted by molar-refractivity contribution is 7.89. The smallest absolute Gasteiger partial charge is 0.270 e. The van der Waals surface area contributed by atoms with Crippen molar-refractivity contribution in [2.75, 3.05) is 13.1 Å². The third kappa shape index (κ3) is 3.13. The van der Waals surface area contributed by atoms with Crippen molar-refractivity contribution in [2.45, 2.75) is 37.6 Å². The Bertz CT molecular complexity index is 675. The molecule has 0 amide bonds. The van der Waals surface area contributed by atoms with Gasteiger partial charge >= 0.3 is 0 Å². The van der Waals surface area contributed by atoms with Crippen molar-refractivity contribution in [3.8, 4) is 0 Å². The zero-order valence-corrected chi connectivity index (χ0v) is 13.5. The SMILES string of the molecule is Cc1ccc([N+](=O)[O-])cc1S(=O)(=O)N1CCC(C)CC1CN. The molecule has 0 spiro atoms. The molecule has 2 N–H and O–H groups in total. The van der Waals surface area contributed by atoms with Gasteiger partial charge in [0.15, 0.2) is 0 Å². The monoisotopic (exact) mass is 327 g/mol. The first-order valence-electron chi connectivity index (χ1n) is 7.24. The van der Waals surface area contributed by atoms with E-state index in [2.05, 4.69) is 6.92 Å². The van der Waals surface area contributed by atoms with Gasteiger partial charge in [-0.3, -0.25) is 10.1 Å². The topological polar surface area (TPSA) is 107 Å². The van der Waals surface area contributed by atoms with Gasteiger partial charge in [-0.2, -0.15) is 4.31 Å². The van der Waals surface area contributed by atoms with E-state index in [4.69, 9.17) is 5.73 Å². The molecule has 1 aliphatic heterocycles. The van der Waals surface area contributed by atoms with E-state index in [-0.39, 0.29) is 23.2 Å². The van der Waals surface area contributed by atoms with Crippen LogP contribution in [0.4, 0.5) is 5.69 Å². The second-order valence-electron chi connectivity index (χ2n) is 5.84. The molecular weight excluding hydrogens is 306 g/mol. The fraction of sp³-hybridized carbons (Fsp3) is 0.571. The molecular formula is C14H21N3O4S. The minimum atomic E-state index is -3.78. The standard InChI is InChI=1S/C14H21N3O4S/c1-10-5-6-16(13(7-10)9-15)22(20,21)14-8-12(17(18)19)4-3-11(14)2/h3-4,8,10,13H,5-7,9,15H2,1-2H3.